The van der Waals surface area contributed by atoms with E-state index in [-0.39, 0.29) is 59.8 Å². The summed E-state index contributed by atoms with van der Waals surface area (Å²) in [4.78, 5) is 9.36. The molecule has 0 aromatic rings. The summed E-state index contributed by atoms with van der Waals surface area (Å²) in [6.07, 6.45) is 0. The van der Waals surface area contributed by atoms with E-state index in [9.17, 15) is 0 Å². The molecule has 0 saturated carbocycles. The van der Waals surface area contributed by atoms with Gasteiger partial charge in [-0.05, 0) is 0 Å². The van der Waals surface area contributed by atoms with Gasteiger partial charge in [-0.1, -0.05) is 97.3 Å². The van der Waals surface area contributed by atoms with Crippen molar-refractivity contribution in [3.8, 4) is 0 Å². The van der Waals surface area contributed by atoms with Crippen LogP contribution in [0.2, 0.25) is 39.3 Å². The minimum absolute atomic E-state index is 0. The van der Waals surface area contributed by atoms with Crippen LogP contribution in [-0.4, -0.2) is 51.5 Å². The van der Waals surface area contributed by atoms with Gasteiger partial charge >= 0.3 is 23.9 Å². The minimum Gasteiger partial charge on any atom is -1.00 e. The second-order valence-electron chi connectivity index (χ2n) is 8.91. The summed E-state index contributed by atoms with van der Waals surface area (Å²) in [7, 11) is -2.34. The van der Waals surface area contributed by atoms with E-state index in [1.807, 2.05) is 0 Å². The summed E-state index contributed by atoms with van der Waals surface area (Å²) >= 11 is 0. The van der Waals surface area contributed by atoms with Gasteiger partial charge in [0.15, 0.2) is 0 Å². The normalized spacial score (nSPS) is 12.0. The Hall–Kier alpha value is 1.73. The van der Waals surface area contributed by atoms with Crippen molar-refractivity contribution in [2.75, 3.05) is 0 Å². The van der Waals surface area contributed by atoms with Gasteiger partial charge in [-0.2, -0.15) is 0 Å². The first kappa shape index (κ1) is 34.1. The molecule has 0 aliphatic heterocycles. The Morgan fingerprint density at radius 3 is 0.667 bits per heavy atom. The number of hydrogen-bond donors (Lipinski definition) is 0. The van der Waals surface area contributed by atoms with Crippen molar-refractivity contribution in [1.82, 2.24) is 0 Å². The third-order valence-corrected chi connectivity index (χ3v) is 4.02. The second kappa shape index (κ2) is 12.1. The maximum atomic E-state index is 4.68. The van der Waals surface area contributed by atoms with Gasteiger partial charge in [-0.25, -0.2) is 0 Å². The molecular weight excluding hydrogens is 442 g/mol. The average molecular weight is 478 g/mol. The number of nitrogens with zero attached hydrogens (tertiary/aromatic N) is 2. The summed E-state index contributed by atoms with van der Waals surface area (Å²) in [6, 6.07) is 0. The summed E-state index contributed by atoms with van der Waals surface area (Å²) in [6.45, 7) is 26.5. The summed E-state index contributed by atoms with van der Waals surface area (Å²) in [5.74, 6) is 0. The van der Waals surface area contributed by atoms with Crippen molar-refractivity contribution in [2.45, 2.75) is 91.9 Å². The zero-order chi connectivity index (χ0) is 15.4. The maximum Gasteiger partial charge on any atom is 4.00 e. The monoisotopic (exact) mass is 478 g/mol. The molecule has 0 amide bonds. The van der Waals surface area contributed by atoms with Crippen LogP contribution >= 0.6 is 0 Å². The Morgan fingerprint density at radius 2 is 0.667 bits per heavy atom. The van der Waals surface area contributed by atoms with Crippen LogP contribution in [0.5, 0.6) is 0 Å². The van der Waals surface area contributed by atoms with Gasteiger partial charge in [0.2, 0.25) is 0 Å². The number of hydrogen-bond acceptors (Lipinski definition) is 0. The molecule has 0 aliphatic carbocycles. The molecule has 0 atom stereocenters. The fourth-order valence-corrected chi connectivity index (χ4v) is 6.04. The van der Waals surface area contributed by atoms with E-state index in [0.29, 0.717) is 0 Å². The van der Waals surface area contributed by atoms with Gasteiger partial charge in [0.25, 0.3) is 0 Å². The second-order valence-corrected chi connectivity index (χ2v) is 18.0. The van der Waals surface area contributed by atoms with Gasteiger partial charge < -0.3 is 34.8 Å². The van der Waals surface area contributed by atoms with Crippen molar-refractivity contribution >= 4 is 40.4 Å². The molecule has 21 heavy (non-hydrogen) atoms. The summed E-state index contributed by atoms with van der Waals surface area (Å²) in [5, 5.41) is 0. The fourth-order valence-electron chi connectivity index (χ4n) is 2.01. The molecule has 0 rings (SSSR count). The largest absolute Gasteiger partial charge is 4.00 e. The van der Waals surface area contributed by atoms with Crippen LogP contribution < -0.4 is 24.8 Å². The minimum atomic E-state index is -1.17. The third kappa shape index (κ3) is 44.9. The van der Waals surface area contributed by atoms with Crippen LogP contribution in [0.1, 0.15) is 41.5 Å². The zero-order valence-electron chi connectivity index (χ0n) is 16.2. The first-order chi connectivity index (χ1) is 7.41. The standard InChI is InChI=1S/2C7H18NSi.2ClH.Sn/c2*1-7(2,3)8-9(4,5)6;;;/h2*1-6H3;2*1H;/q2*-1;;;+4/p-2. The van der Waals surface area contributed by atoms with Crippen LogP contribution in [0.4, 0.5) is 0 Å². The van der Waals surface area contributed by atoms with Crippen LogP contribution in [0.25, 0.3) is 9.96 Å². The molecule has 128 valence electrons. The fraction of sp³-hybridized carbons (Fsp3) is 1.00. The molecule has 0 spiro atoms. The zero-order valence-corrected chi connectivity index (χ0v) is 22.5. The van der Waals surface area contributed by atoms with Crippen LogP contribution in [0.3, 0.4) is 0 Å². The van der Waals surface area contributed by atoms with Crippen molar-refractivity contribution in [2.24, 2.45) is 0 Å². The molecule has 0 aliphatic rings. The van der Waals surface area contributed by atoms with E-state index in [1.54, 1.807) is 0 Å². The Bertz CT molecular complexity index is 189. The maximum absolute atomic E-state index is 4.68. The first-order valence-corrected chi connectivity index (χ1v) is 13.8. The Kier molecular flexibility index (Phi) is 19.7. The van der Waals surface area contributed by atoms with E-state index in [1.165, 1.54) is 0 Å². The predicted octanol–water partition coefficient (Wildman–Crippen LogP) is -0.386. The average Bonchev–Trinajstić information content (AvgIpc) is 1.64. The summed E-state index contributed by atoms with van der Waals surface area (Å²) in [5.41, 5.74) is 0.342. The van der Waals surface area contributed by atoms with E-state index in [2.05, 4.69) is 90.8 Å². The van der Waals surface area contributed by atoms with Gasteiger partial charge in [-0.15, -0.1) is 11.1 Å². The topological polar surface area (TPSA) is 28.2 Å². The quantitative estimate of drug-likeness (QED) is 0.485. The van der Waals surface area contributed by atoms with Crippen LogP contribution in [0, 0.1) is 0 Å². The van der Waals surface area contributed by atoms with E-state index in [0.717, 1.165) is 0 Å². The molecule has 0 bridgehead atoms. The molecule has 0 radical (unpaired) electrons. The van der Waals surface area contributed by atoms with Crippen LogP contribution in [0.15, 0.2) is 0 Å². The molecule has 7 heteroatoms. The van der Waals surface area contributed by atoms with Gasteiger partial charge in [-0.3, -0.25) is 0 Å². The molecule has 0 saturated heterocycles. The predicted molar refractivity (Wildman–Crippen MR) is 98.7 cm³/mol. The molecule has 2 nitrogen and oxygen atoms in total. The molecule has 0 N–H and O–H groups in total. The van der Waals surface area contributed by atoms with Gasteiger partial charge in [0.1, 0.15) is 0 Å². The SMILES string of the molecule is CC(C)(C)[N-][Si](C)(C)C.CC(C)(C)[N-][Si](C)(C)C.[Cl-].[Cl-].[Sn+4]. The smallest absolute Gasteiger partial charge is 1.00 e. The Balaban J connectivity index is -0.0000000711. The molecule has 0 aromatic heterocycles. The molecule has 0 fully saturated rings. The van der Waals surface area contributed by atoms with Crippen molar-refractivity contribution in [3.05, 3.63) is 9.96 Å². The number of halogens is 2. The molecule has 0 unspecified atom stereocenters. The van der Waals surface area contributed by atoms with Crippen molar-refractivity contribution in [3.63, 3.8) is 0 Å². The summed E-state index contributed by atoms with van der Waals surface area (Å²) < 4.78 is 0. The van der Waals surface area contributed by atoms with E-state index < -0.39 is 16.5 Å². The molecule has 0 heterocycles. The Labute approximate surface area is 166 Å². The third-order valence-electron chi connectivity index (χ3n) is 1.34. The van der Waals surface area contributed by atoms with Crippen LogP contribution in [-0.2, 0) is 0 Å². The Morgan fingerprint density at radius 1 is 0.524 bits per heavy atom. The first-order valence-electron chi connectivity index (χ1n) is 6.89. The van der Waals surface area contributed by atoms with Crippen molar-refractivity contribution in [1.29, 1.82) is 0 Å². The molecule has 0 aromatic carbocycles. The van der Waals surface area contributed by atoms with Gasteiger partial charge in [0.05, 0.1) is 0 Å². The number of rotatable bonds is 2. The van der Waals surface area contributed by atoms with E-state index >= 15 is 0 Å². The van der Waals surface area contributed by atoms with Gasteiger partial charge in [0, 0.05) is 0 Å². The van der Waals surface area contributed by atoms with Crippen molar-refractivity contribution < 1.29 is 24.8 Å². The van der Waals surface area contributed by atoms with E-state index in [4.69, 9.17) is 0 Å². The molecular formula is C14H36Cl2N2Si2Sn.